The summed E-state index contributed by atoms with van der Waals surface area (Å²) in [4.78, 5) is 12.1. The Hall–Kier alpha value is -1.13. The van der Waals surface area contributed by atoms with Gasteiger partial charge in [-0.05, 0) is 31.9 Å². The number of halogens is 2. The van der Waals surface area contributed by atoms with E-state index in [1.54, 1.807) is 12.1 Å². The van der Waals surface area contributed by atoms with Crippen molar-refractivity contribution in [2.24, 2.45) is 5.73 Å². The first-order chi connectivity index (χ1) is 8.48. The van der Waals surface area contributed by atoms with Gasteiger partial charge in [0.15, 0.2) is 0 Å². The fraction of sp³-hybridized carbons (Fsp3) is 0.500. The molecule has 19 heavy (non-hydrogen) atoms. The van der Waals surface area contributed by atoms with E-state index in [4.69, 9.17) is 5.73 Å². The van der Waals surface area contributed by atoms with Crippen molar-refractivity contribution < 1.29 is 9.18 Å². The predicted molar refractivity (Wildman–Crippen MR) is 78.2 cm³/mol. The molecule has 0 atom stereocenters. The predicted octanol–water partition coefficient (Wildman–Crippen LogP) is 2.80. The third-order valence-corrected chi connectivity index (χ3v) is 3.49. The van der Waals surface area contributed by atoms with Gasteiger partial charge in [0, 0.05) is 6.54 Å². The van der Waals surface area contributed by atoms with Gasteiger partial charge in [-0.2, -0.15) is 0 Å². The van der Waals surface area contributed by atoms with E-state index in [0.29, 0.717) is 6.54 Å². The molecule has 0 unspecified atom stereocenters. The minimum atomic E-state index is -0.503. The molecular formula is C14H22ClFN2O. The van der Waals surface area contributed by atoms with Crippen LogP contribution >= 0.6 is 12.4 Å². The molecule has 0 bridgehead atoms. The van der Waals surface area contributed by atoms with Gasteiger partial charge in [0.1, 0.15) is 5.82 Å². The van der Waals surface area contributed by atoms with E-state index in [-0.39, 0.29) is 18.0 Å². The Morgan fingerprint density at radius 3 is 2.42 bits per heavy atom. The van der Waals surface area contributed by atoms with Gasteiger partial charge in [-0.3, -0.25) is 4.79 Å². The Kier molecular flexibility index (Phi) is 7.01. The molecule has 1 rings (SSSR count). The maximum Gasteiger partial charge on any atom is 0.254 e. The van der Waals surface area contributed by atoms with Crippen LogP contribution < -0.4 is 11.1 Å². The maximum atomic E-state index is 13.6. The smallest absolute Gasteiger partial charge is 0.254 e. The lowest BCUT2D eigenvalue weighted by Crippen LogP contribution is -2.53. The summed E-state index contributed by atoms with van der Waals surface area (Å²) in [6, 6.07) is 4.51. The van der Waals surface area contributed by atoms with E-state index in [1.165, 1.54) is 6.07 Å². The number of hydrogen-bond donors (Lipinski definition) is 2. The van der Waals surface area contributed by atoms with Crippen LogP contribution in [0.4, 0.5) is 4.39 Å². The number of carbonyl (C=O) groups is 1. The number of amides is 1. The second kappa shape index (κ2) is 7.46. The van der Waals surface area contributed by atoms with Crippen LogP contribution in [0.15, 0.2) is 18.2 Å². The number of nitrogens with two attached hydrogens (primary N) is 1. The summed E-state index contributed by atoms with van der Waals surface area (Å²) >= 11 is 0. The largest absolute Gasteiger partial charge is 0.345 e. The number of rotatable bonds is 5. The van der Waals surface area contributed by atoms with Gasteiger partial charge >= 0.3 is 0 Å². The summed E-state index contributed by atoms with van der Waals surface area (Å²) in [7, 11) is 0. The number of carbonyl (C=O) groups excluding carboxylic acids is 1. The highest BCUT2D eigenvalue weighted by Gasteiger charge is 2.27. The van der Waals surface area contributed by atoms with Gasteiger partial charge < -0.3 is 11.1 Å². The first-order valence-electron chi connectivity index (χ1n) is 6.26. The van der Waals surface area contributed by atoms with E-state index in [9.17, 15) is 9.18 Å². The maximum absolute atomic E-state index is 13.6. The van der Waals surface area contributed by atoms with Crippen LogP contribution in [0.3, 0.4) is 0 Å². The van der Waals surface area contributed by atoms with Crippen LogP contribution in [0.25, 0.3) is 0 Å². The number of hydrogen-bond acceptors (Lipinski definition) is 2. The molecular weight excluding hydrogens is 267 g/mol. The molecule has 0 spiro atoms. The molecule has 1 aromatic carbocycles. The highest BCUT2D eigenvalue weighted by molar-refractivity contribution is 5.95. The van der Waals surface area contributed by atoms with Crippen molar-refractivity contribution in [2.45, 2.75) is 39.2 Å². The van der Waals surface area contributed by atoms with Crippen molar-refractivity contribution in [3.63, 3.8) is 0 Å². The van der Waals surface area contributed by atoms with Crippen LogP contribution in [-0.4, -0.2) is 18.0 Å². The van der Waals surface area contributed by atoms with Crippen molar-refractivity contribution in [3.8, 4) is 0 Å². The summed E-state index contributed by atoms with van der Waals surface area (Å²) in [6.07, 6.45) is 1.44. The van der Waals surface area contributed by atoms with Gasteiger partial charge in [0.05, 0.1) is 11.1 Å². The Balaban J connectivity index is 0.00000324. The molecule has 0 aliphatic carbocycles. The number of benzene rings is 1. The van der Waals surface area contributed by atoms with E-state index < -0.39 is 17.3 Å². The van der Waals surface area contributed by atoms with Crippen LogP contribution in [0.5, 0.6) is 0 Å². The summed E-state index contributed by atoms with van der Waals surface area (Å²) in [5.74, 6) is -0.901. The van der Waals surface area contributed by atoms with Crippen LogP contribution in [0, 0.1) is 12.7 Å². The molecule has 0 aliphatic heterocycles. The van der Waals surface area contributed by atoms with E-state index in [2.05, 4.69) is 5.32 Å². The lowest BCUT2D eigenvalue weighted by Gasteiger charge is -2.31. The first kappa shape index (κ1) is 17.9. The molecule has 3 N–H and O–H groups in total. The third-order valence-electron chi connectivity index (χ3n) is 3.49. The minimum Gasteiger partial charge on any atom is -0.345 e. The highest BCUT2D eigenvalue weighted by Crippen LogP contribution is 2.16. The SMILES string of the molecule is CCC(CC)(CN)NC(=O)c1cc(C)ccc1F.Cl. The summed E-state index contributed by atoms with van der Waals surface area (Å²) < 4.78 is 13.6. The van der Waals surface area contributed by atoms with Crippen LogP contribution in [-0.2, 0) is 0 Å². The second-order valence-corrected chi connectivity index (χ2v) is 4.63. The Morgan fingerprint density at radius 2 is 1.95 bits per heavy atom. The average molecular weight is 289 g/mol. The molecule has 108 valence electrons. The Bertz CT molecular complexity index is 425. The molecule has 1 amide bonds. The topological polar surface area (TPSA) is 55.1 Å². The summed E-state index contributed by atoms with van der Waals surface area (Å²) in [5, 5.41) is 2.86. The van der Waals surface area contributed by atoms with Crippen LogP contribution in [0.1, 0.15) is 42.6 Å². The molecule has 0 fully saturated rings. The first-order valence-corrected chi connectivity index (χ1v) is 6.26. The standard InChI is InChI=1S/C14H21FN2O.ClH/c1-4-14(5-2,9-16)17-13(18)11-8-10(3)6-7-12(11)15;/h6-8H,4-5,9,16H2,1-3H3,(H,17,18);1H. The monoisotopic (exact) mass is 288 g/mol. The molecule has 5 heteroatoms. The van der Waals surface area contributed by atoms with Crippen LogP contribution in [0.2, 0.25) is 0 Å². The zero-order valence-corrected chi connectivity index (χ0v) is 12.4. The molecule has 0 saturated heterocycles. The fourth-order valence-electron chi connectivity index (χ4n) is 1.89. The van der Waals surface area contributed by atoms with Crippen molar-refractivity contribution in [1.29, 1.82) is 0 Å². The van der Waals surface area contributed by atoms with Crippen molar-refractivity contribution in [3.05, 3.63) is 35.1 Å². The van der Waals surface area contributed by atoms with Crippen molar-refractivity contribution in [1.82, 2.24) is 5.32 Å². The third kappa shape index (κ3) is 4.18. The van der Waals surface area contributed by atoms with Crippen molar-refractivity contribution >= 4 is 18.3 Å². The zero-order chi connectivity index (χ0) is 13.8. The minimum absolute atomic E-state index is 0. The van der Waals surface area contributed by atoms with E-state index in [1.807, 2.05) is 20.8 Å². The van der Waals surface area contributed by atoms with Gasteiger partial charge in [-0.15, -0.1) is 12.4 Å². The molecule has 0 saturated carbocycles. The van der Waals surface area contributed by atoms with Gasteiger partial charge in [-0.1, -0.05) is 25.5 Å². The molecule has 0 heterocycles. The molecule has 0 aromatic heterocycles. The normalized spacial score (nSPS) is 10.8. The lowest BCUT2D eigenvalue weighted by molar-refractivity contribution is 0.0891. The Labute approximate surface area is 120 Å². The molecule has 0 aliphatic rings. The highest BCUT2D eigenvalue weighted by atomic mass is 35.5. The average Bonchev–Trinajstić information content (AvgIpc) is 2.38. The fourth-order valence-corrected chi connectivity index (χ4v) is 1.89. The summed E-state index contributed by atoms with van der Waals surface area (Å²) in [6.45, 7) is 6.09. The van der Waals surface area contributed by atoms with Gasteiger partial charge in [0.25, 0.3) is 5.91 Å². The van der Waals surface area contributed by atoms with Crippen molar-refractivity contribution in [2.75, 3.05) is 6.54 Å². The van der Waals surface area contributed by atoms with Gasteiger partial charge in [0.2, 0.25) is 0 Å². The molecule has 3 nitrogen and oxygen atoms in total. The molecule has 1 aromatic rings. The second-order valence-electron chi connectivity index (χ2n) is 4.63. The van der Waals surface area contributed by atoms with E-state index >= 15 is 0 Å². The Morgan fingerprint density at radius 1 is 1.37 bits per heavy atom. The number of aryl methyl sites for hydroxylation is 1. The van der Waals surface area contributed by atoms with E-state index in [0.717, 1.165) is 18.4 Å². The zero-order valence-electron chi connectivity index (χ0n) is 11.6. The quantitative estimate of drug-likeness (QED) is 0.875. The number of nitrogens with one attached hydrogen (secondary N) is 1. The lowest BCUT2D eigenvalue weighted by atomic mass is 9.92. The molecule has 0 radical (unpaired) electrons. The summed E-state index contributed by atoms with van der Waals surface area (Å²) in [5.41, 5.74) is 6.20. The van der Waals surface area contributed by atoms with Gasteiger partial charge in [-0.25, -0.2) is 4.39 Å².